The monoisotopic (exact) mass is 169 g/mol. The highest BCUT2D eigenvalue weighted by Crippen LogP contribution is 2.30. The van der Waals surface area contributed by atoms with Crippen LogP contribution in [0, 0.1) is 5.92 Å². The minimum Gasteiger partial charge on any atom is -0.447 e. The number of rotatable bonds is 3. The van der Waals surface area contributed by atoms with Crippen molar-refractivity contribution in [3.63, 3.8) is 0 Å². The standard InChI is InChI=1S/C9H15NO2/c1-4-7-5-8(7)10-9(11)12-6(2)3/h4,6-8H,1,5H2,2-3H3,(H,10,11)/t7-,8-/m1/s1. The van der Waals surface area contributed by atoms with Crippen molar-refractivity contribution in [1.29, 1.82) is 0 Å². The molecule has 1 rings (SSSR count). The summed E-state index contributed by atoms with van der Waals surface area (Å²) in [5, 5.41) is 2.75. The van der Waals surface area contributed by atoms with Crippen LogP contribution >= 0.6 is 0 Å². The van der Waals surface area contributed by atoms with Crippen LogP contribution < -0.4 is 5.32 Å². The van der Waals surface area contributed by atoms with Gasteiger partial charge in [0, 0.05) is 6.04 Å². The second-order valence-corrected chi connectivity index (χ2v) is 3.34. The zero-order valence-electron chi connectivity index (χ0n) is 7.54. The molecular weight excluding hydrogens is 154 g/mol. The number of carbonyl (C=O) groups is 1. The molecule has 0 aromatic rings. The molecule has 0 aliphatic heterocycles. The first-order chi connectivity index (χ1) is 5.63. The van der Waals surface area contributed by atoms with E-state index in [1.807, 2.05) is 19.9 Å². The molecule has 1 fully saturated rings. The molecule has 2 atom stereocenters. The molecule has 1 N–H and O–H groups in total. The molecule has 3 heteroatoms. The number of nitrogens with one attached hydrogen (secondary N) is 1. The Labute approximate surface area is 72.8 Å². The lowest BCUT2D eigenvalue weighted by Gasteiger charge is -2.08. The van der Waals surface area contributed by atoms with Crippen LogP contribution in [0.1, 0.15) is 20.3 Å². The third-order valence-corrected chi connectivity index (χ3v) is 1.79. The van der Waals surface area contributed by atoms with Crippen LogP contribution in [0.3, 0.4) is 0 Å². The van der Waals surface area contributed by atoms with Crippen LogP contribution in [-0.2, 0) is 4.74 Å². The van der Waals surface area contributed by atoms with Crippen LogP contribution in [0.15, 0.2) is 12.7 Å². The Bertz CT molecular complexity index is 189. The Morgan fingerprint density at radius 3 is 2.83 bits per heavy atom. The van der Waals surface area contributed by atoms with Crippen LogP contribution in [0.25, 0.3) is 0 Å². The summed E-state index contributed by atoms with van der Waals surface area (Å²) in [5.74, 6) is 0.449. The first-order valence-corrected chi connectivity index (χ1v) is 4.23. The fraction of sp³-hybridized carbons (Fsp3) is 0.667. The minimum atomic E-state index is -0.320. The highest BCUT2D eigenvalue weighted by Gasteiger charge is 2.36. The quantitative estimate of drug-likeness (QED) is 0.653. The molecule has 1 amide bonds. The third-order valence-electron chi connectivity index (χ3n) is 1.79. The summed E-state index contributed by atoms with van der Waals surface area (Å²) in [6.45, 7) is 7.31. The lowest BCUT2D eigenvalue weighted by atomic mass is 10.4. The Morgan fingerprint density at radius 2 is 2.42 bits per heavy atom. The largest absolute Gasteiger partial charge is 0.447 e. The van der Waals surface area contributed by atoms with E-state index in [0.29, 0.717) is 5.92 Å². The molecule has 0 aromatic carbocycles. The summed E-state index contributed by atoms with van der Waals surface area (Å²) in [4.78, 5) is 11.0. The summed E-state index contributed by atoms with van der Waals surface area (Å²) in [7, 11) is 0. The van der Waals surface area contributed by atoms with Gasteiger partial charge in [0.15, 0.2) is 0 Å². The van der Waals surface area contributed by atoms with Crippen molar-refractivity contribution in [3.8, 4) is 0 Å². The maximum Gasteiger partial charge on any atom is 0.407 e. The van der Waals surface area contributed by atoms with E-state index in [-0.39, 0.29) is 18.2 Å². The normalized spacial score (nSPS) is 26.6. The van der Waals surface area contributed by atoms with Crippen molar-refractivity contribution >= 4 is 6.09 Å². The highest BCUT2D eigenvalue weighted by atomic mass is 16.6. The second-order valence-electron chi connectivity index (χ2n) is 3.34. The molecule has 0 unspecified atom stereocenters. The van der Waals surface area contributed by atoms with Gasteiger partial charge in [0.2, 0.25) is 0 Å². The first kappa shape index (κ1) is 9.10. The van der Waals surface area contributed by atoms with E-state index in [1.54, 1.807) is 0 Å². The summed E-state index contributed by atoms with van der Waals surface area (Å²) < 4.78 is 4.91. The van der Waals surface area contributed by atoms with Crippen LogP contribution in [0.4, 0.5) is 4.79 Å². The zero-order valence-corrected chi connectivity index (χ0v) is 7.54. The first-order valence-electron chi connectivity index (χ1n) is 4.23. The SMILES string of the molecule is C=C[C@@H]1C[C@H]1NC(=O)OC(C)C. The van der Waals surface area contributed by atoms with Crippen molar-refractivity contribution in [1.82, 2.24) is 5.32 Å². The van der Waals surface area contributed by atoms with Crippen LogP contribution in [-0.4, -0.2) is 18.2 Å². The van der Waals surface area contributed by atoms with E-state index in [1.165, 1.54) is 0 Å². The van der Waals surface area contributed by atoms with E-state index in [2.05, 4.69) is 11.9 Å². The molecule has 3 nitrogen and oxygen atoms in total. The molecule has 1 aliphatic carbocycles. The molecule has 12 heavy (non-hydrogen) atoms. The molecule has 1 aliphatic rings. The summed E-state index contributed by atoms with van der Waals surface area (Å²) in [6, 6.07) is 0.258. The van der Waals surface area contributed by atoms with Gasteiger partial charge >= 0.3 is 6.09 Å². The fourth-order valence-corrected chi connectivity index (χ4v) is 1.04. The summed E-state index contributed by atoms with van der Waals surface area (Å²) in [6.07, 6.45) is 2.49. The molecule has 0 saturated heterocycles. The zero-order chi connectivity index (χ0) is 9.14. The van der Waals surface area contributed by atoms with Gasteiger partial charge in [0.25, 0.3) is 0 Å². The van der Waals surface area contributed by atoms with Gasteiger partial charge < -0.3 is 10.1 Å². The van der Waals surface area contributed by atoms with Gasteiger partial charge in [-0.1, -0.05) is 6.08 Å². The Morgan fingerprint density at radius 1 is 1.75 bits per heavy atom. The van der Waals surface area contributed by atoms with E-state index >= 15 is 0 Å². The van der Waals surface area contributed by atoms with Gasteiger partial charge in [0.1, 0.15) is 0 Å². The number of carbonyl (C=O) groups excluding carboxylic acids is 1. The van der Waals surface area contributed by atoms with E-state index in [4.69, 9.17) is 4.74 Å². The lowest BCUT2D eigenvalue weighted by molar-refractivity contribution is 0.115. The van der Waals surface area contributed by atoms with Crippen molar-refractivity contribution in [3.05, 3.63) is 12.7 Å². The Hall–Kier alpha value is -0.990. The summed E-state index contributed by atoms with van der Waals surface area (Å²) >= 11 is 0. The fourth-order valence-electron chi connectivity index (χ4n) is 1.04. The smallest absolute Gasteiger partial charge is 0.407 e. The molecule has 0 radical (unpaired) electrons. The summed E-state index contributed by atoms with van der Waals surface area (Å²) in [5.41, 5.74) is 0. The number of hydrogen-bond donors (Lipinski definition) is 1. The third kappa shape index (κ3) is 2.57. The lowest BCUT2D eigenvalue weighted by Crippen LogP contribution is -2.29. The molecular formula is C9H15NO2. The van der Waals surface area contributed by atoms with E-state index in [9.17, 15) is 4.79 Å². The van der Waals surface area contributed by atoms with Gasteiger partial charge in [-0.3, -0.25) is 0 Å². The maximum atomic E-state index is 11.0. The van der Waals surface area contributed by atoms with Gasteiger partial charge in [-0.25, -0.2) is 4.79 Å². The Balaban J connectivity index is 2.16. The van der Waals surface area contributed by atoms with Gasteiger partial charge in [-0.2, -0.15) is 0 Å². The second kappa shape index (κ2) is 3.61. The van der Waals surface area contributed by atoms with Crippen molar-refractivity contribution in [2.45, 2.75) is 32.4 Å². The minimum absolute atomic E-state index is 0.0501. The van der Waals surface area contributed by atoms with Crippen molar-refractivity contribution in [2.24, 2.45) is 5.92 Å². The average molecular weight is 169 g/mol. The predicted octanol–water partition coefficient (Wildman–Crippen LogP) is 1.70. The Kier molecular flexibility index (Phi) is 2.74. The molecule has 1 saturated carbocycles. The topological polar surface area (TPSA) is 38.3 Å². The molecule has 0 heterocycles. The van der Waals surface area contributed by atoms with Crippen molar-refractivity contribution in [2.75, 3.05) is 0 Å². The number of amides is 1. The number of ether oxygens (including phenoxy) is 1. The van der Waals surface area contributed by atoms with Gasteiger partial charge in [-0.05, 0) is 26.2 Å². The van der Waals surface area contributed by atoms with Crippen molar-refractivity contribution < 1.29 is 9.53 Å². The highest BCUT2D eigenvalue weighted by molar-refractivity contribution is 5.68. The average Bonchev–Trinajstić information content (AvgIpc) is 2.65. The van der Waals surface area contributed by atoms with Gasteiger partial charge in [-0.15, -0.1) is 6.58 Å². The molecule has 68 valence electrons. The molecule has 0 bridgehead atoms. The van der Waals surface area contributed by atoms with E-state index in [0.717, 1.165) is 6.42 Å². The van der Waals surface area contributed by atoms with Crippen LogP contribution in [0.5, 0.6) is 0 Å². The van der Waals surface area contributed by atoms with Gasteiger partial charge in [0.05, 0.1) is 6.10 Å². The molecule has 0 aromatic heterocycles. The van der Waals surface area contributed by atoms with Crippen LogP contribution in [0.2, 0.25) is 0 Å². The number of hydrogen-bond acceptors (Lipinski definition) is 2. The van der Waals surface area contributed by atoms with E-state index < -0.39 is 0 Å². The number of alkyl carbamates (subject to hydrolysis) is 1. The predicted molar refractivity (Wildman–Crippen MR) is 46.8 cm³/mol. The maximum absolute atomic E-state index is 11.0. The molecule has 0 spiro atoms.